The average Bonchev–Trinajstić information content (AvgIpc) is 3.24. The van der Waals surface area contributed by atoms with Crippen molar-refractivity contribution >= 4 is 39.7 Å². The minimum Gasteiger partial charge on any atom is -0.497 e. The summed E-state index contributed by atoms with van der Waals surface area (Å²) >= 11 is 6.18. The van der Waals surface area contributed by atoms with Gasteiger partial charge in [0.25, 0.3) is 0 Å². The van der Waals surface area contributed by atoms with Crippen LogP contribution in [0, 0.1) is 6.92 Å². The fourth-order valence-corrected chi connectivity index (χ4v) is 3.99. The summed E-state index contributed by atoms with van der Waals surface area (Å²) in [7, 11) is 1.64. The van der Waals surface area contributed by atoms with Crippen LogP contribution in [-0.2, 0) is 4.79 Å². The number of amides is 1. The highest BCUT2D eigenvalue weighted by molar-refractivity contribution is 6.31. The van der Waals surface area contributed by atoms with Gasteiger partial charge in [0.2, 0.25) is 5.91 Å². The Bertz CT molecular complexity index is 1370. The van der Waals surface area contributed by atoms with E-state index in [0.717, 1.165) is 39.0 Å². The molecule has 4 rings (SSSR count). The molecular weight excluding hydrogens is 450 g/mol. The molecular formula is C28H26ClNO4. The molecule has 1 amide bonds. The van der Waals surface area contributed by atoms with Gasteiger partial charge in [-0.3, -0.25) is 4.79 Å². The van der Waals surface area contributed by atoms with E-state index in [1.54, 1.807) is 25.5 Å². The van der Waals surface area contributed by atoms with Crippen LogP contribution < -0.4 is 14.8 Å². The van der Waals surface area contributed by atoms with E-state index in [1.807, 2.05) is 69.3 Å². The first-order valence-electron chi connectivity index (χ1n) is 11.0. The van der Waals surface area contributed by atoms with Crippen molar-refractivity contribution in [3.8, 4) is 22.6 Å². The molecule has 4 aromatic rings. The number of hydrogen-bond acceptors (Lipinski definition) is 4. The monoisotopic (exact) mass is 475 g/mol. The second kappa shape index (κ2) is 10.1. The van der Waals surface area contributed by atoms with Crippen molar-refractivity contribution in [2.75, 3.05) is 19.0 Å². The number of benzene rings is 3. The lowest BCUT2D eigenvalue weighted by atomic mass is 9.99. The van der Waals surface area contributed by atoms with Gasteiger partial charge in [-0.15, -0.1) is 0 Å². The molecule has 0 saturated carbocycles. The Morgan fingerprint density at radius 1 is 1.15 bits per heavy atom. The van der Waals surface area contributed by atoms with E-state index in [4.69, 9.17) is 25.5 Å². The zero-order chi connectivity index (χ0) is 24.2. The number of halogens is 1. The maximum atomic E-state index is 12.8. The molecule has 0 spiro atoms. The molecule has 0 atom stereocenters. The molecule has 0 fully saturated rings. The fraction of sp³-hybridized carbons (Fsp3) is 0.179. The molecule has 0 aliphatic rings. The van der Waals surface area contributed by atoms with Crippen molar-refractivity contribution in [2.24, 2.45) is 0 Å². The number of furan rings is 1. The van der Waals surface area contributed by atoms with Crippen molar-refractivity contribution in [3.63, 3.8) is 0 Å². The van der Waals surface area contributed by atoms with Crippen molar-refractivity contribution in [3.05, 3.63) is 83.1 Å². The summed E-state index contributed by atoms with van der Waals surface area (Å²) in [6.07, 6.45) is 3.30. The number of ether oxygens (including phenoxy) is 2. The van der Waals surface area contributed by atoms with Crippen LogP contribution in [0.1, 0.15) is 25.0 Å². The molecule has 1 aromatic heterocycles. The number of anilines is 1. The Labute approximate surface area is 203 Å². The third-order valence-corrected chi connectivity index (χ3v) is 6.08. The van der Waals surface area contributed by atoms with Gasteiger partial charge >= 0.3 is 0 Å². The Morgan fingerprint density at radius 3 is 2.62 bits per heavy atom. The smallest absolute Gasteiger partial charge is 0.248 e. The van der Waals surface area contributed by atoms with Gasteiger partial charge < -0.3 is 19.2 Å². The Morgan fingerprint density at radius 2 is 1.91 bits per heavy atom. The summed E-state index contributed by atoms with van der Waals surface area (Å²) in [6, 6.07) is 17.1. The third-order valence-electron chi connectivity index (χ3n) is 5.67. The van der Waals surface area contributed by atoms with Gasteiger partial charge in [-0.25, -0.2) is 0 Å². The van der Waals surface area contributed by atoms with Crippen LogP contribution >= 0.6 is 11.6 Å². The normalized spacial score (nSPS) is 11.5. The number of carbonyl (C=O) groups is 1. The lowest BCUT2D eigenvalue weighted by Crippen LogP contribution is -2.10. The van der Waals surface area contributed by atoms with Crippen LogP contribution in [0.25, 0.3) is 27.7 Å². The number of fused-ring (bicyclic) bond motifs is 1. The van der Waals surface area contributed by atoms with Gasteiger partial charge in [-0.1, -0.05) is 29.8 Å². The largest absolute Gasteiger partial charge is 0.497 e. The van der Waals surface area contributed by atoms with Crippen molar-refractivity contribution in [1.82, 2.24) is 0 Å². The average molecular weight is 476 g/mol. The van der Waals surface area contributed by atoms with Crippen LogP contribution in [0.5, 0.6) is 11.5 Å². The molecule has 6 heteroatoms. The molecule has 0 aliphatic carbocycles. The SMILES string of the molecule is CCOc1cc2occ(-c3ccc(OC)cc3)c2cc1/C(C)=C/C(=O)Nc1cccc(Cl)c1C. The molecule has 0 aliphatic heterocycles. The van der Waals surface area contributed by atoms with Gasteiger partial charge in [0, 0.05) is 39.4 Å². The topological polar surface area (TPSA) is 60.7 Å². The highest BCUT2D eigenvalue weighted by Gasteiger charge is 2.16. The first-order chi connectivity index (χ1) is 16.4. The second-order valence-corrected chi connectivity index (χ2v) is 8.29. The Kier molecular flexibility index (Phi) is 6.94. The number of rotatable bonds is 7. The molecule has 0 bridgehead atoms. The molecule has 1 heterocycles. The van der Waals surface area contributed by atoms with Crippen LogP contribution in [0.2, 0.25) is 5.02 Å². The molecule has 0 saturated heterocycles. The van der Waals surface area contributed by atoms with E-state index in [9.17, 15) is 4.79 Å². The molecule has 34 heavy (non-hydrogen) atoms. The quantitative estimate of drug-likeness (QED) is 0.281. The Balaban J connectivity index is 1.72. The van der Waals surface area contributed by atoms with Crippen LogP contribution in [-0.4, -0.2) is 19.6 Å². The maximum absolute atomic E-state index is 12.8. The minimum absolute atomic E-state index is 0.243. The standard InChI is InChI=1S/C28H26ClNO4/c1-5-33-26-15-27-22(23(16-34-27)19-9-11-20(32-4)12-10-19)14-21(26)17(2)13-28(31)30-25-8-6-7-24(29)18(25)3/h6-16H,5H2,1-4H3,(H,30,31)/b17-13+. The molecule has 0 radical (unpaired) electrons. The first-order valence-corrected chi connectivity index (χ1v) is 11.4. The predicted molar refractivity (Wildman–Crippen MR) is 138 cm³/mol. The zero-order valence-corrected chi connectivity index (χ0v) is 20.3. The summed E-state index contributed by atoms with van der Waals surface area (Å²) in [5.74, 6) is 1.20. The van der Waals surface area contributed by atoms with E-state index in [2.05, 4.69) is 5.32 Å². The van der Waals surface area contributed by atoms with E-state index in [-0.39, 0.29) is 5.91 Å². The summed E-state index contributed by atoms with van der Waals surface area (Å²) in [5.41, 5.74) is 5.76. The van der Waals surface area contributed by atoms with Gasteiger partial charge in [0.05, 0.1) is 20.0 Å². The van der Waals surface area contributed by atoms with E-state index in [1.165, 1.54) is 0 Å². The second-order valence-electron chi connectivity index (χ2n) is 7.88. The third kappa shape index (κ3) is 4.80. The van der Waals surface area contributed by atoms with E-state index >= 15 is 0 Å². The summed E-state index contributed by atoms with van der Waals surface area (Å²) < 4.78 is 17.0. The molecule has 0 unspecified atom stereocenters. The summed E-state index contributed by atoms with van der Waals surface area (Å²) in [5, 5.41) is 4.45. The van der Waals surface area contributed by atoms with Crippen molar-refractivity contribution in [2.45, 2.75) is 20.8 Å². The lowest BCUT2D eigenvalue weighted by molar-refractivity contribution is -0.111. The minimum atomic E-state index is -0.243. The fourth-order valence-electron chi connectivity index (χ4n) is 3.82. The molecule has 1 N–H and O–H groups in total. The number of allylic oxidation sites excluding steroid dienone is 1. The van der Waals surface area contributed by atoms with E-state index < -0.39 is 0 Å². The Hall–Kier alpha value is -3.70. The van der Waals surface area contributed by atoms with Crippen LogP contribution in [0.3, 0.4) is 0 Å². The summed E-state index contributed by atoms with van der Waals surface area (Å²) in [4.78, 5) is 12.8. The molecule has 174 valence electrons. The number of methoxy groups -OCH3 is 1. The van der Waals surface area contributed by atoms with Crippen LogP contribution in [0.4, 0.5) is 5.69 Å². The predicted octanol–water partition coefficient (Wildman–Crippen LogP) is 7.51. The number of hydrogen-bond donors (Lipinski definition) is 1. The highest BCUT2D eigenvalue weighted by Crippen LogP contribution is 2.38. The van der Waals surface area contributed by atoms with Gasteiger partial charge in [0.1, 0.15) is 17.1 Å². The van der Waals surface area contributed by atoms with Crippen LogP contribution in [0.15, 0.2) is 71.4 Å². The first kappa shape index (κ1) is 23.5. The number of nitrogens with one attached hydrogen (secondary N) is 1. The highest BCUT2D eigenvalue weighted by atomic mass is 35.5. The zero-order valence-electron chi connectivity index (χ0n) is 19.6. The van der Waals surface area contributed by atoms with Crippen molar-refractivity contribution < 1.29 is 18.7 Å². The van der Waals surface area contributed by atoms with Gasteiger partial charge in [-0.05, 0) is 67.8 Å². The van der Waals surface area contributed by atoms with Gasteiger partial charge in [-0.2, -0.15) is 0 Å². The lowest BCUT2D eigenvalue weighted by Gasteiger charge is -2.12. The van der Waals surface area contributed by atoms with E-state index in [0.29, 0.717) is 28.6 Å². The molecule has 3 aromatic carbocycles. The van der Waals surface area contributed by atoms with Gasteiger partial charge in [0.15, 0.2) is 0 Å². The maximum Gasteiger partial charge on any atom is 0.248 e. The summed E-state index contributed by atoms with van der Waals surface area (Å²) in [6.45, 7) is 6.18. The molecule has 5 nitrogen and oxygen atoms in total. The number of carbonyl (C=O) groups excluding carboxylic acids is 1. The van der Waals surface area contributed by atoms with Crippen molar-refractivity contribution in [1.29, 1.82) is 0 Å².